The molecule has 1 fully saturated rings. The Kier molecular flexibility index (Phi) is 4.86. The Morgan fingerprint density at radius 1 is 1.12 bits per heavy atom. The maximum atomic E-state index is 11.7. The monoisotopic (exact) mass is 324 g/mol. The van der Waals surface area contributed by atoms with Gasteiger partial charge in [0.2, 0.25) is 0 Å². The van der Waals surface area contributed by atoms with Gasteiger partial charge in [0, 0.05) is 13.1 Å². The summed E-state index contributed by atoms with van der Waals surface area (Å²) in [6.07, 6.45) is -0.238. The number of hydrogen-bond donors (Lipinski definition) is 0. The highest BCUT2D eigenvalue weighted by molar-refractivity contribution is 5.70. The zero-order valence-corrected chi connectivity index (χ0v) is 14.5. The highest BCUT2D eigenvalue weighted by atomic mass is 16.6. The first kappa shape index (κ1) is 16.5. The number of carbonyl (C=O) groups excluding carboxylic acids is 1. The van der Waals surface area contributed by atoms with E-state index in [2.05, 4.69) is 67.5 Å². The van der Waals surface area contributed by atoms with Gasteiger partial charge >= 0.3 is 6.09 Å². The lowest BCUT2D eigenvalue weighted by atomic mass is 9.98. The molecule has 0 saturated carbocycles. The summed E-state index contributed by atoms with van der Waals surface area (Å²) >= 11 is 0. The van der Waals surface area contributed by atoms with E-state index in [1.165, 1.54) is 16.7 Å². The molecule has 2 aromatic carbocycles. The third-order valence-corrected chi connectivity index (χ3v) is 4.18. The van der Waals surface area contributed by atoms with Crippen molar-refractivity contribution in [1.82, 2.24) is 9.80 Å². The van der Waals surface area contributed by atoms with E-state index in [9.17, 15) is 4.79 Å². The van der Waals surface area contributed by atoms with Crippen LogP contribution in [0.15, 0.2) is 48.5 Å². The van der Waals surface area contributed by atoms with E-state index in [-0.39, 0.29) is 12.2 Å². The molecule has 1 saturated heterocycles. The van der Waals surface area contributed by atoms with Crippen molar-refractivity contribution in [2.75, 3.05) is 20.6 Å². The van der Waals surface area contributed by atoms with Crippen molar-refractivity contribution in [3.63, 3.8) is 0 Å². The lowest BCUT2D eigenvalue weighted by molar-refractivity contribution is 0.137. The summed E-state index contributed by atoms with van der Waals surface area (Å²) in [5, 5.41) is 0. The van der Waals surface area contributed by atoms with Gasteiger partial charge in [-0.05, 0) is 43.3 Å². The van der Waals surface area contributed by atoms with E-state index in [0.29, 0.717) is 13.1 Å². The summed E-state index contributed by atoms with van der Waals surface area (Å²) in [6, 6.07) is 16.9. The van der Waals surface area contributed by atoms with E-state index < -0.39 is 0 Å². The third-order valence-electron chi connectivity index (χ3n) is 4.18. The highest BCUT2D eigenvalue weighted by Gasteiger charge is 2.27. The molecule has 1 atom stereocenters. The number of cyclic esters (lactones) is 1. The number of ether oxygens (including phenoxy) is 1. The van der Waals surface area contributed by atoms with Gasteiger partial charge in [0.25, 0.3) is 0 Å². The normalized spacial score (nSPS) is 17.4. The Balaban J connectivity index is 1.77. The third kappa shape index (κ3) is 3.77. The molecule has 0 bridgehead atoms. The minimum absolute atomic E-state index is 0.0188. The second-order valence-corrected chi connectivity index (χ2v) is 6.67. The van der Waals surface area contributed by atoms with Crippen molar-refractivity contribution in [2.45, 2.75) is 26.1 Å². The molecule has 2 aromatic rings. The van der Waals surface area contributed by atoms with Crippen LogP contribution in [0.25, 0.3) is 11.1 Å². The first-order chi connectivity index (χ1) is 11.5. The van der Waals surface area contributed by atoms with Crippen LogP contribution in [0.4, 0.5) is 4.79 Å². The molecule has 0 spiro atoms. The Hall–Kier alpha value is -2.33. The van der Waals surface area contributed by atoms with E-state index in [0.717, 1.165) is 12.1 Å². The van der Waals surface area contributed by atoms with Gasteiger partial charge in [0.05, 0.1) is 6.54 Å². The molecule has 0 unspecified atom stereocenters. The lowest BCUT2D eigenvalue weighted by Crippen LogP contribution is -2.24. The van der Waals surface area contributed by atoms with E-state index in [1.54, 1.807) is 4.90 Å². The fourth-order valence-corrected chi connectivity index (χ4v) is 3.09. The van der Waals surface area contributed by atoms with Crippen molar-refractivity contribution >= 4 is 6.09 Å². The smallest absolute Gasteiger partial charge is 0.410 e. The molecule has 4 nitrogen and oxygen atoms in total. The molecule has 1 aliphatic rings. The number of amides is 1. The molecule has 126 valence electrons. The average Bonchev–Trinajstić information content (AvgIpc) is 2.86. The van der Waals surface area contributed by atoms with Crippen molar-refractivity contribution in [3.05, 3.63) is 59.7 Å². The minimum atomic E-state index is -0.220. The molecule has 24 heavy (non-hydrogen) atoms. The van der Waals surface area contributed by atoms with Crippen molar-refractivity contribution in [2.24, 2.45) is 0 Å². The van der Waals surface area contributed by atoms with E-state index >= 15 is 0 Å². The first-order valence-electron chi connectivity index (χ1n) is 8.30. The summed E-state index contributed by atoms with van der Waals surface area (Å²) in [7, 11) is 4.16. The maximum absolute atomic E-state index is 11.7. The van der Waals surface area contributed by atoms with Crippen LogP contribution in [0, 0.1) is 0 Å². The number of carbonyl (C=O) groups is 1. The standard InChI is InChI=1S/C20H24N2O2/c1-15-12-22(20(23)24-15)13-16-8-10-17(11-9-16)19-7-5-4-6-18(19)14-21(2)3/h4-11,15H,12-14H2,1-3H3/t15-/m1/s1. The van der Waals surface area contributed by atoms with Gasteiger partial charge in [-0.1, -0.05) is 48.5 Å². The topological polar surface area (TPSA) is 32.8 Å². The van der Waals surface area contributed by atoms with Gasteiger partial charge in [0.15, 0.2) is 0 Å². The van der Waals surface area contributed by atoms with Crippen LogP contribution in [-0.4, -0.2) is 42.6 Å². The van der Waals surface area contributed by atoms with Crippen LogP contribution in [0.2, 0.25) is 0 Å². The molecule has 0 radical (unpaired) electrons. The molecular formula is C20H24N2O2. The van der Waals surface area contributed by atoms with Crippen molar-refractivity contribution in [1.29, 1.82) is 0 Å². The molecule has 1 amide bonds. The van der Waals surface area contributed by atoms with E-state index in [1.807, 2.05) is 6.92 Å². The molecule has 4 heteroatoms. The summed E-state index contributed by atoms with van der Waals surface area (Å²) in [5.41, 5.74) is 4.89. The molecule has 0 aromatic heterocycles. The fraction of sp³-hybridized carbons (Fsp3) is 0.350. The second-order valence-electron chi connectivity index (χ2n) is 6.67. The fourth-order valence-electron chi connectivity index (χ4n) is 3.09. The predicted octanol–water partition coefficient (Wildman–Crippen LogP) is 3.76. The zero-order valence-electron chi connectivity index (χ0n) is 14.5. The average molecular weight is 324 g/mol. The van der Waals surface area contributed by atoms with Gasteiger partial charge in [-0.15, -0.1) is 0 Å². The van der Waals surface area contributed by atoms with Crippen molar-refractivity contribution < 1.29 is 9.53 Å². The van der Waals surface area contributed by atoms with E-state index in [4.69, 9.17) is 4.74 Å². The molecule has 1 aliphatic heterocycles. The van der Waals surface area contributed by atoms with Crippen LogP contribution in [0.1, 0.15) is 18.1 Å². The molecule has 0 N–H and O–H groups in total. The SMILES string of the molecule is C[C@@H]1CN(Cc2ccc(-c3ccccc3CN(C)C)cc2)C(=O)O1. The Bertz CT molecular complexity index is 710. The van der Waals surface area contributed by atoms with Gasteiger partial charge in [-0.2, -0.15) is 0 Å². The summed E-state index contributed by atoms with van der Waals surface area (Å²) in [6.45, 7) is 4.09. The summed E-state index contributed by atoms with van der Waals surface area (Å²) in [5.74, 6) is 0. The lowest BCUT2D eigenvalue weighted by Gasteiger charge is -2.15. The minimum Gasteiger partial charge on any atom is -0.444 e. The quantitative estimate of drug-likeness (QED) is 0.839. The van der Waals surface area contributed by atoms with Crippen molar-refractivity contribution in [3.8, 4) is 11.1 Å². The predicted molar refractivity (Wildman–Crippen MR) is 95.6 cm³/mol. The largest absolute Gasteiger partial charge is 0.444 e. The van der Waals surface area contributed by atoms with Gasteiger partial charge < -0.3 is 14.5 Å². The summed E-state index contributed by atoms with van der Waals surface area (Å²) in [4.78, 5) is 15.6. The second kappa shape index (κ2) is 7.05. The zero-order chi connectivity index (χ0) is 17.1. The number of benzene rings is 2. The van der Waals surface area contributed by atoms with Gasteiger partial charge in [-0.3, -0.25) is 0 Å². The first-order valence-corrected chi connectivity index (χ1v) is 8.30. The van der Waals surface area contributed by atoms with Crippen LogP contribution in [0.5, 0.6) is 0 Å². The van der Waals surface area contributed by atoms with Crippen LogP contribution in [-0.2, 0) is 17.8 Å². The Labute approximate surface area is 143 Å². The van der Waals surface area contributed by atoms with Gasteiger partial charge in [0.1, 0.15) is 6.10 Å². The molecular weight excluding hydrogens is 300 g/mol. The molecule has 1 heterocycles. The Morgan fingerprint density at radius 2 is 1.83 bits per heavy atom. The number of nitrogens with zero attached hydrogens (tertiary/aromatic N) is 2. The number of hydrogen-bond acceptors (Lipinski definition) is 3. The number of rotatable bonds is 5. The highest BCUT2D eigenvalue weighted by Crippen LogP contribution is 2.25. The van der Waals surface area contributed by atoms with Gasteiger partial charge in [-0.25, -0.2) is 4.79 Å². The van der Waals surface area contributed by atoms with Crippen LogP contribution >= 0.6 is 0 Å². The van der Waals surface area contributed by atoms with Crippen LogP contribution in [0.3, 0.4) is 0 Å². The Morgan fingerprint density at radius 3 is 2.46 bits per heavy atom. The molecule has 3 rings (SSSR count). The maximum Gasteiger partial charge on any atom is 0.410 e. The van der Waals surface area contributed by atoms with Crippen LogP contribution < -0.4 is 0 Å². The summed E-state index contributed by atoms with van der Waals surface area (Å²) < 4.78 is 5.17. The molecule has 0 aliphatic carbocycles.